The molecule has 2 aromatic carbocycles. The maximum absolute atomic E-state index is 12.4. The van der Waals surface area contributed by atoms with Crippen LogP contribution in [0.3, 0.4) is 0 Å². The van der Waals surface area contributed by atoms with E-state index in [-0.39, 0.29) is 22.1 Å². The molecule has 0 aliphatic heterocycles. The molecule has 0 aliphatic rings. The monoisotopic (exact) mass is 355 g/mol. The largest absolute Gasteiger partial charge is 0.497 e. The van der Waals surface area contributed by atoms with Crippen LogP contribution >= 0.6 is 11.6 Å². The molecule has 4 aromatic rings. The van der Waals surface area contributed by atoms with E-state index in [1.54, 1.807) is 31.4 Å². The summed E-state index contributed by atoms with van der Waals surface area (Å²) < 4.78 is 10.8. The second-order valence-corrected chi connectivity index (χ2v) is 5.72. The zero-order valence-electron chi connectivity index (χ0n) is 12.9. The van der Waals surface area contributed by atoms with Crippen LogP contribution in [0.25, 0.3) is 33.5 Å². The molecule has 8 heteroatoms. The average Bonchev–Trinajstić information content (AvgIpc) is 3.00. The second kappa shape index (κ2) is 5.71. The van der Waals surface area contributed by atoms with Crippen LogP contribution in [0.15, 0.2) is 50.8 Å². The van der Waals surface area contributed by atoms with Gasteiger partial charge in [-0.1, -0.05) is 11.6 Å². The molecular weight excluding hydrogens is 346 g/mol. The maximum Gasteiger partial charge on any atom is 0.294 e. The van der Waals surface area contributed by atoms with Crippen molar-refractivity contribution in [1.29, 1.82) is 0 Å². The lowest BCUT2D eigenvalue weighted by Gasteiger charge is -2.04. The van der Waals surface area contributed by atoms with Crippen LogP contribution in [-0.2, 0) is 0 Å². The van der Waals surface area contributed by atoms with Crippen molar-refractivity contribution in [3.05, 3.63) is 56.7 Å². The Morgan fingerprint density at radius 2 is 2.08 bits per heavy atom. The minimum absolute atomic E-state index is 0.120. The van der Waals surface area contributed by atoms with Crippen LogP contribution in [0, 0.1) is 4.91 Å². The van der Waals surface area contributed by atoms with Crippen LogP contribution in [-0.4, -0.2) is 17.1 Å². The van der Waals surface area contributed by atoms with Crippen LogP contribution < -0.4 is 10.3 Å². The van der Waals surface area contributed by atoms with Crippen molar-refractivity contribution < 1.29 is 9.15 Å². The van der Waals surface area contributed by atoms with Gasteiger partial charge in [0.25, 0.3) is 5.56 Å². The number of methoxy groups -OCH3 is 1. The van der Waals surface area contributed by atoms with E-state index in [0.717, 1.165) is 0 Å². The summed E-state index contributed by atoms with van der Waals surface area (Å²) >= 11 is 6.18. The molecule has 0 saturated carbocycles. The van der Waals surface area contributed by atoms with Gasteiger partial charge in [-0.05, 0) is 41.6 Å². The molecule has 4 rings (SSSR count). The molecule has 0 radical (unpaired) electrons. The highest BCUT2D eigenvalue weighted by molar-refractivity contribution is 6.33. The Morgan fingerprint density at radius 1 is 1.24 bits per heavy atom. The first-order valence-corrected chi connectivity index (χ1v) is 7.62. The van der Waals surface area contributed by atoms with Crippen molar-refractivity contribution in [1.82, 2.24) is 9.97 Å². The number of benzene rings is 2. The standard InChI is InChI=1S/C17H10ClN3O4/c1-24-9-3-5-13-11(7-9)14-15(25-13)17(22)20-16(19-14)10-4-2-8(21-23)6-12(10)18/h2-7H,1H3,(H,19,20,22). The number of aromatic amines is 1. The number of fused-ring (bicyclic) bond motifs is 3. The molecule has 0 unspecified atom stereocenters. The first-order valence-electron chi connectivity index (χ1n) is 7.24. The van der Waals surface area contributed by atoms with E-state index in [4.69, 9.17) is 20.8 Å². The molecule has 0 fully saturated rings. The Bertz CT molecular complexity index is 1200. The van der Waals surface area contributed by atoms with Gasteiger partial charge in [0.15, 0.2) is 0 Å². The molecule has 0 atom stereocenters. The normalized spacial score (nSPS) is 11.1. The van der Waals surface area contributed by atoms with Crippen LogP contribution in [0.4, 0.5) is 5.69 Å². The molecule has 0 amide bonds. The van der Waals surface area contributed by atoms with Crippen molar-refractivity contribution in [3.8, 4) is 17.1 Å². The summed E-state index contributed by atoms with van der Waals surface area (Å²) in [5, 5.41) is 3.74. The van der Waals surface area contributed by atoms with Crippen molar-refractivity contribution in [2.24, 2.45) is 5.18 Å². The number of furan rings is 1. The van der Waals surface area contributed by atoms with E-state index in [1.165, 1.54) is 12.1 Å². The van der Waals surface area contributed by atoms with Gasteiger partial charge in [0.1, 0.15) is 28.4 Å². The van der Waals surface area contributed by atoms with Gasteiger partial charge in [0.2, 0.25) is 5.58 Å². The number of halogens is 1. The first-order chi connectivity index (χ1) is 12.1. The van der Waals surface area contributed by atoms with Gasteiger partial charge in [0, 0.05) is 5.56 Å². The molecule has 0 spiro atoms. The number of rotatable bonds is 3. The van der Waals surface area contributed by atoms with Crippen molar-refractivity contribution in [2.45, 2.75) is 0 Å². The zero-order valence-corrected chi connectivity index (χ0v) is 13.6. The number of nitroso groups, excluding NO2 is 1. The molecule has 1 N–H and O–H groups in total. The Balaban J connectivity index is 2.01. The number of nitrogens with one attached hydrogen (secondary N) is 1. The number of nitrogens with zero attached hydrogens (tertiary/aromatic N) is 2. The van der Waals surface area contributed by atoms with Crippen molar-refractivity contribution in [3.63, 3.8) is 0 Å². The molecule has 2 aromatic heterocycles. The SMILES string of the molecule is COc1ccc2oc3c(=O)[nH]c(-c4ccc(N=O)cc4Cl)nc3c2c1. The molecule has 25 heavy (non-hydrogen) atoms. The number of ether oxygens (including phenoxy) is 1. The Labute approximate surface area is 145 Å². The summed E-state index contributed by atoms with van der Waals surface area (Å²) in [4.78, 5) is 30.1. The van der Waals surface area contributed by atoms with Gasteiger partial charge in [-0.3, -0.25) is 4.79 Å². The molecule has 2 heterocycles. The summed E-state index contributed by atoms with van der Waals surface area (Å²) in [6.45, 7) is 0. The van der Waals surface area contributed by atoms with Gasteiger partial charge in [0.05, 0.1) is 17.5 Å². The van der Waals surface area contributed by atoms with Crippen molar-refractivity contribution >= 4 is 39.4 Å². The first kappa shape index (κ1) is 15.3. The molecule has 0 bridgehead atoms. The van der Waals surface area contributed by atoms with E-state index < -0.39 is 5.56 Å². The van der Waals surface area contributed by atoms with Crippen LogP contribution in [0.1, 0.15) is 0 Å². The maximum atomic E-state index is 12.4. The lowest BCUT2D eigenvalue weighted by molar-refractivity contribution is 0.415. The fourth-order valence-electron chi connectivity index (χ4n) is 2.64. The third-order valence-electron chi connectivity index (χ3n) is 3.84. The molecule has 7 nitrogen and oxygen atoms in total. The number of hydrogen-bond acceptors (Lipinski definition) is 6. The highest BCUT2D eigenvalue weighted by atomic mass is 35.5. The minimum Gasteiger partial charge on any atom is -0.497 e. The van der Waals surface area contributed by atoms with Crippen LogP contribution in [0.2, 0.25) is 5.02 Å². The van der Waals surface area contributed by atoms with Gasteiger partial charge in [-0.2, -0.15) is 0 Å². The van der Waals surface area contributed by atoms with E-state index >= 15 is 0 Å². The highest BCUT2D eigenvalue weighted by Crippen LogP contribution is 2.32. The Hall–Kier alpha value is -3.19. The Morgan fingerprint density at radius 3 is 2.80 bits per heavy atom. The van der Waals surface area contributed by atoms with Crippen LogP contribution in [0.5, 0.6) is 5.75 Å². The van der Waals surface area contributed by atoms with Gasteiger partial charge in [-0.15, -0.1) is 4.91 Å². The minimum atomic E-state index is -0.427. The third kappa shape index (κ3) is 2.45. The lowest BCUT2D eigenvalue weighted by atomic mass is 10.2. The fraction of sp³-hybridized carbons (Fsp3) is 0.0588. The zero-order chi connectivity index (χ0) is 17.6. The topological polar surface area (TPSA) is 97.5 Å². The van der Waals surface area contributed by atoms with Gasteiger partial charge in [-0.25, -0.2) is 4.98 Å². The summed E-state index contributed by atoms with van der Waals surface area (Å²) in [5.41, 5.74) is 1.29. The van der Waals surface area contributed by atoms with Gasteiger partial charge >= 0.3 is 0 Å². The summed E-state index contributed by atoms with van der Waals surface area (Å²) in [6, 6.07) is 9.68. The van der Waals surface area contributed by atoms with E-state index in [9.17, 15) is 9.70 Å². The second-order valence-electron chi connectivity index (χ2n) is 5.31. The molecule has 0 aliphatic carbocycles. The average molecular weight is 356 g/mol. The highest BCUT2D eigenvalue weighted by Gasteiger charge is 2.16. The number of H-pyrrole nitrogens is 1. The van der Waals surface area contributed by atoms with E-state index in [2.05, 4.69) is 15.1 Å². The smallest absolute Gasteiger partial charge is 0.294 e. The lowest BCUT2D eigenvalue weighted by Crippen LogP contribution is -2.08. The Kier molecular flexibility index (Phi) is 3.51. The van der Waals surface area contributed by atoms with Gasteiger partial charge < -0.3 is 14.1 Å². The predicted molar refractivity (Wildman–Crippen MR) is 94.6 cm³/mol. The molecule has 124 valence electrons. The summed E-state index contributed by atoms with van der Waals surface area (Å²) in [5.74, 6) is 0.892. The van der Waals surface area contributed by atoms with E-state index in [0.29, 0.717) is 27.8 Å². The fourth-order valence-corrected chi connectivity index (χ4v) is 2.90. The molecule has 0 saturated heterocycles. The number of aromatic nitrogens is 2. The van der Waals surface area contributed by atoms with E-state index in [1.807, 2.05) is 0 Å². The third-order valence-corrected chi connectivity index (χ3v) is 4.16. The van der Waals surface area contributed by atoms with Crippen molar-refractivity contribution in [2.75, 3.05) is 7.11 Å². The summed E-state index contributed by atoms with van der Waals surface area (Å²) in [6.07, 6.45) is 0. The quantitative estimate of drug-likeness (QED) is 0.549. The molecular formula is C17H10ClN3O4. The predicted octanol–water partition coefficient (Wildman–Crippen LogP) is 4.40. The number of hydrogen-bond donors (Lipinski definition) is 1. The summed E-state index contributed by atoms with van der Waals surface area (Å²) in [7, 11) is 1.55.